The molecule has 22 heavy (non-hydrogen) atoms. The van der Waals surface area contributed by atoms with Gasteiger partial charge in [0.25, 0.3) is 0 Å². The smallest absolute Gasteiger partial charge is 0.222 e. The van der Waals surface area contributed by atoms with E-state index in [1.807, 2.05) is 30.1 Å². The topological polar surface area (TPSA) is 41.6 Å². The van der Waals surface area contributed by atoms with Gasteiger partial charge in [-0.15, -0.1) is 0 Å². The number of benzene rings is 1. The van der Waals surface area contributed by atoms with Gasteiger partial charge in [0.15, 0.2) is 0 Å². The summed E-state index contributed by atoms with van der Waals surface area (Å²) in [4.78, 5) is 14.4. The largest absolute Gasteiger partial charge is 0.496 e. The molecule has 1 fully saturated rings. The number of amides is 1. The first-order valence-electron chi connectivity index (χ1n) is 8.20. The summed E-state index contributed by atoms with van der Waals surface area (Å²) in [6.07, 6.45) is 3.72. The molecule has 1 aliphatic heterocycles. The SMILES string of the molecule is COc1ccccc1CC(C)N(C)C(=O)CC1CCNCC1. The van der Waals surface area contributed by atoms with Crippen molar-refractivity contribution in [3.63, 3.8) is 0 Å². The molecule has 1 aliphatic rings. The predicted molar refractivity (Wildman–Crippen MR) is 89.1 cm³/mol. The number of nitrogens with one attached hydrogen (secondary N) is 1. The lowest BCUT2D eigenvalue weighted by molar-refractivity contribution is -0.132. The van der Waals surface area contributed by atoms with Crippen LogP contribution in [-0.4, -0.2) is 44.1 Å². The Bertz CT molecular complexity index is 484. The Labute approximate surface area is 133 Å². The second-order valence-electron chi connectivity index (χ2n) is 6.27. The first kappa shape index (κ1) is 16.8. The Balaban J connectivity index is 1.90. The minimum atomic E-state index is 0.172. The highest BCUT2D eigenvalue weighted by molar-refractivity contribution is 5.76. The maximum Gasteiger partial charge on any atom is 0.222 e. The third-order valence-electron chi connectivity index (χ3n) is 4.68. The molecule has 0 saturated carbocycles. The Kier molecular flexibility index (Phi) is 6.25. The van der Waals surface area contributed by atoms with E-state index < -0.39 is 0 Å². The average molecular weight is 304 g/mol. The van der Waals surface area contributed by atoms with E-state index >= 15 is 0 Å². The Hall–Kier alpha value is -1.55. The molecule has 0 spiro atoms. The number of carbonyl (C=O) groups is 1. The van der Waals surface area contributed by atoms with E-state index in [1.54, 1.807) is 7.11 Å². The molecule has 2 rings (SSSR count). The van der Waals surface area contributed by atoms with Crippen molar-refractivity contribution in [1.82, 2.24) is 10.2 Å². The third-order valence-corrected chi connectivity index (χ3v) is 4.68. The number of para-hydroxylation sites is 1. The number of carbonyl (C=O) groups excluding carboxylic acids is 1. The van der Waals surface area contributed by atoms with Crippen LogP contribution in [0.15, 0.2) is 24.3 Å². The highest BCUT2D eigenvalue weighted by atomic mass is 16.5. The highest BCUT2D eigenvalue weighted by Crippen LogP contribution is 2.22. The summed E-state index contributed by atoms with van der Waals surface area (Å²) in [5, 5.41) is 3.35. The molecule has 1 atom stereocenters. The molecule has 4 heteroatoms. The zero-order chi connectivity index (χ0) is 15.9. The van der Waals surface area contributed by atoms with Gasteiger partial charge < -0.3 is 15.0 Å². The van der Waals surface area contributed by atoms with Gasteiger partial charge in [0.05, 0.1) is 7.11 Å². The predicted octanol–water partition coefficient (Wildman–Crippen LogP) is 2.47. The minimum absolute atomic E-state index is 0.172. The molecule has 4 nitrogen and oxygen atoms in total. The van der Waals surface area contributed by atoms with Crippen molar-refractivity contribution in [2.24, 2.45) is 5.92 Å². The van der Waals surface area contributed by atoms with E-state index in [9.17, 15) is 4.79 Å². The van der Waals surface area contributed by atoms with Crippen molar-refractivity contribution in [3.8, 4) is 5.75 Å². The zero-order valence-corrected chi connectivity index (χ0v) is 14.0. The van der Waals surface area contributed by atoms with Gasteiger partial charge in [0.2, 0.25) is 5.91 Å². The molecule has 0 aliphatic carbocycles. The Morgan fingerprint density at radius 1 is 1.36 bits per heavy atom. The van der Waals surface area contributed by atoms with Crippen LogP contribution in [0.2, 0.25) is 0 Å². The summed E-state index contributed by atoms with van der Waals surface area (Å²) in [5.41, 5.74) is 1.15. The average Bonchev–Trinajstić information content (AvgIpc) is 2.55. The molecule has 1 heterocycles. The lowest BCUT2D eigenvalue weighted by Crippen LogP contribution is -2.38. The fourth-order valence-electron chi connectivity index (χ4n) is 3.05. The quantitative estimate of drug-likeness (QED) is 0.878. The molecule has 1 unspecified atom stereocenters. The zero-order valence-electron chi connectivity index (χ0n) is 14.0. The lowest BCUT2D eigenvalue weighted by Gasteiger charge is -2.29. The van der Waals surface area contributed by atoms with E-state index in [-0.39, 0.29) is 11.9 Å². The number of rotatable bonds is 6. The van der Waals surface area contributed by atoms with Crippen LogP contribution in [0.25, 0.3) is 0 Å². The molecule has 0 aromatic heterocycles. The molecular weight excluding hydrogens is 276 g/mol. The van der Waals surface area contributed by atoms with Gasteiger partial charge in [-0.1, -0.05) is 18.2 Å². The molecule has 1 N–H and O–H groups in total. The first-order valence-corrected chi connectivity index (χ1v) is 8.20. The molecule has 0 radical (unpaired) electrons. The van der Waals surface area contributed by atoms with E-state index in [0.717, 1.165) is 43.7 Å². The van der Waals surface area contributed by atoms with Gasteiger partial charge in [-0.2, -0.15) is 0 Å². The van der Waals surface area contributed by atoms with Gasteiger partial charge in [-0.3, -0.25) is 4.79 Å². The molecule has 0 bridgehead atoms. The Morgan fingerprint density at radius 2 is 2.05 bits per heavy atom. The van der Waals surface area contributed by atoms with Crippen molar-refractivity contribution in [2.75, 3.05) is 27.2 Å². The first-order chi connectivity index (χ1) is 10.6. The molecule has 1 amide bonds. The lowest BCUT2D eigenvalue weighted by atomic mass is 9.93. The number of methoxy groups -OCH3 is 1. The highest BCUT2D eigenvalue weighted by Gasteiger charge is 2.22. The third kappa shape index (κ3) is 4.47. The monoisotopic (exact) mass is 304 g/mol. The van der Waals surface area contributed by atoms with Crippen molar-refractivity contribution in [3.05, 3.63) is 29.8 Å². The number of ether oxygens (including phenoxy) is 1. The number of likely N-dealkylation sites (N-methyl/N-ethyl adjacent to an activating group) is 1. The molecular formula is C18H28N2O2. The number of piperidine rings is 1. The van der Waals surface area contributed by atoms with Crippen LogP contribution in [0.3, 0.4) is 0 Å². The van der Waals surface area contributed by atoms with Crippen LogP contribution in [-0.2, 0) is 11.2 Å². The fraction of sp³-hybridized carbons (Fsp3) is 0.611. The second-order valence-corrected chi connectivity index (χ2v) is 6.27. The van der Waals surface area contributed by atoms with E-state index in [1.165, 1.54) is 0 Å². The van der Waals surface area contributed by atoms with Crippen molar-refractivity contribution >= 4 is 5.91 Å². The van der Waals surface area contributed by atoms with E-state index in [2.05, 4.69) is 18.3 Å². The van der Waals surface area contributed by atoms with Crippen molar-refractivity contribution in [1.29, 1.82) is 0 Å². The van der Waals surface area contributed by atoms with Gasteiger partial charge >= 0.3 is 0 Å². The van der Waals surface area contributed by atoms with Gasteiger partial charge in [0, 0.05) is 19.5 Å². The number of hydrogen-bond acceptors (Lipinski definition) is 3. The molecule has 1 saturated heterocycles. The summed E-state index contributed by atoms with van der Waals surface area (Å²) in [5.74, 6) is 1.69. The van der Waals surface area contributed by atoms with E-state index in [4.69, 9.17) is 4.74 Å². The standard InChI is InChI=1S/C18H28N2O2/c1-14(12-16-6-4-5-7-17(16)22-3)20(2)18(21)13-15-8-10-19-11-9-15/h4-7,14-15,19H,8-13H2,1-3H3. The van der Waals surface area contributed by atoms with Crippen LogP contribution in [0, 0.1) is 5.92 Å². The minimum Gasteiger partial charge on any atom is -0.496 e. The second kappa shape index (κ2) is 8.18. The maximum atomic E-state index is 12.5. The van der Waals surface area contributed by atoms with Crippen LogP contribution in [0.5, 0.6) is 5.75 Å². The Morgan fingerprint density at radius 3 is 2.73 bits per heavy atom. The van der Waals surface area contributed by atoms with E-state index in [0.29, 0.717) is 12.3 Å². The van der Waals surface area contributed by atoms with Crippen LogP contribution >= 0.6 is 0 Å². The number of hydrogen-bond donors (Lipinski definition) is 1. The van der Waals surface area contributed by atoms with Gasteiger partial charge in [-0.25, -0.2) is 0 Å². The summed E-state index contributed by atoms with van der Waals surface area (Å²) >= 11 is 0. The van der Waals surface area contributed by atoms with Crippen molar-refractivity contribution < 1.29 is 9.53 Å². The summed E-state index contributed by atoms with van der Waals surface area (Å²) in [6.45, 7) is 4.18. The number of nitrogens with zero attached hydrogens (tertiary/aromatic N) is 1. The van der Waals surface area contributed by atoms with Crippen LogP contribution in [0.4, 0.5) is 0 Å². The molecule has 1 aromatic rings. The maximum absolute atomic E-state index is 12.5. The molecule has 1 aromatic carbocycles. The van der Waals surface area contributed by atoms with Crippen molar-refractivity contribution in [2.45, 2.75) is 38.6 Å². The van der Waals surface area contributed by atoms with Gasteiger partial charge in [-0.05, 0) is 56.8 Å². The fourth-order valence-corrected chi connectivity index (χ4v) is 3.05. The summed E-state index contributed by atoms with van der Waals surface area (Å²) in [6, 6.07) is 8.20. The van der Waals surface area contributed by atoms with Crippen LogP contribution in [0.1, 0.15) is 31.7 Å². The van der Waals surface area contributed by atoms with Crippen LogP contribution < -0.4 is 10.1 Å². The molecule has 122 valence electrons. The normalized spacial score (nSPS) is 17.0. The van der Waals surface area contributed by atoms with Gasteiger partial charge in [0.1, 0.15) is 5.75 Å². The summed E-state index contributed by atoms with van der Waals surface area (Å²) < 4.78 is 5.40. The summed E-state index contributed by atoms with van der Waals surface area (Å²) in [7, 11) is 3.61.